The molecule has 0 saturated heterocycles. The molecule has 0 aliphatic rings. The summed E-state index contributed by atoms with van der Waals surface area (Å²) in [5, 5.41) is 14.8. The molecule has 0 aliphatic heterocycles. The van der Waals surface area contributed by atoms with Crippen molar-refractivity contribution in [2.45, 2.75) is 72.1 Å². The minimum atomic E-state index is -1.16. The van der Waals surface area contributed by atoms with Gasteiger partial charge >= 0.3 is 12.1 Å². The molecule has 0 aromatic heterocycles. The lowest BCUT2D eigenvalue weighted by molar-refractivity contribution is -0.144. The van der Waals surface area contributed by atoms with Gasteiger partial charge in [0.2, 0.25) is 11.8 Å². The number of nitrogens with one attached hydrogen (secondary N) is 2. The van der Waals surface area contributed by atoms with Gasteiger partial charge in [-0.25, -0.2) is 4.79 Å². The Balaban J connectivity index is 3.30. The number of hydrogen-bond donors (Lipinski definition) is 2. The number of nitrogens with zero attached hydrogens (tertiary/aromatic N) is 2. The van der Waals surface area contributed by atoms with E-state index < -0.39 is 48.1 Å². The van der Waals surface area contributed by atoms with Crippen LogP contribution in [-0.2, 0) is 23.9 Å². The van der Waals surface area contributed by atoms with Crippen molar-refractivity contribution in [3.05, 3.63) is 35.9 Å². The van der Waals surface area contributed by atoms with Gasteiger partial charge in [0.1, 0.15) is 24.2 Å². The molecule has 0 aliphatic carbocycles. The summed E-state index contributed by atoms with van der Waals surface area (Å²) >= 11 is 0. The fraction of sp³-hybridized carbons (Fsp3) is 0.577. The lowest BCUT2D eigenvalue weighted by Crippen LogP contribution is -2.55. The Morgan fingerprint density at radius 2 is 1.75 bits per heavy atom. The maximum Gasteiger partial charge on any atom is 0.408 e. The second-order valence-electron chi connectivity index (χ2n) is 9.29. The Morgan fingerprint density at radius 3 is 2.28 bits per heavy atom. The molecule has 0 fully saturated rings. The number of nitriles is 1. The van der Waals surface area contributed by atoms with E-state index in [0.717, 1.165) is 4.90 Å². The van der Waals surface area contributed by atoms with Crippen LogP contribution in [0.4, 0.5) is 4.79 Å². The van der Waals surface area contributed by atoms with Gasteiger partial charge in [0, 0.05) is 6.54 Å². The predicted octanol–water partition coefficient (Wildman–Crippen LogP) is 3.09. The van der Waals surface area contributed by atoms with E-state index in [1.165, 1.54) is 0 Å². The second-order valence-corrected chi connectivity index (χ2v) is 9.29. The van der Waals surface area contributed by atoms with Gasteiger partial charge in [-0.05, 0) is 39.2 Å². The van der Waals surface area contributed by atoms with Gasteiger partial charge in [-0.15, -0.1) is 0 Å². The highest BCUT2D eigenvalue weighted by atomic mass is 16.6. The summed E-state index contributed by atoms with van der Waals surface area (Å²) < 4.78 is 10.2. The first-order chi connectivity index (χ1) is 16.9. The number of rotatable bonds is 12. The monoisotopic (exact) mass is 502 g/mol. The normalized spacial score (nSPS) is 13.4. The van der Waals surface area contributed by atoms with Gasteiger partial charge in [-0.2, -0.15) is 5.26 Å². The number of esters is 1. The summed E-state index contributed by atoms with van der Waals surface area (Å²) in [4.78, 5) is 52.4. The average Bonchev–Trinajstić information content (AvgIpc) is 2.81. The Morgan fingerprint density at radius 1 is 1.11 bits per heavy atom. The number of carbonyl (C=O) groups excluding carboxylic acids is 4. The minimum absolute atomic E-state index is 0.000530. The molecule has 10 heteroatoms. The van der Waals surface area contributed by atoms with Gasteiger partial charge in [0.25, 0.3) is 0 Å². The van der Waals surface area contributed by atoms with E-state index in [1.54, 1.807) is 65.0 Å². The molecular formula is C26H38N4O6. The van der Waals surface area contributed by atoms with Crippen LogP contribution in [-0.4, -0.2) is 60.1 Å². The first-order valence-corrected chi connectivity index (χ1v) is 12.1. The molecule has 3 amide bonds. The van der Waals surface area contributed by atoms with E-state index in [-0.39, 0.29) is 25.5 Å². The highest BCUT2D eigenvalue weighted by Crippen LogP contribution is 2.24. The summed E-state index contributed by atoms with van der Waals surface area (Å²) in [7, 11) is 0. The Labute approximate surface area is 213 Å². The number of amides is 3. The lowest BCUT2D eigenvalue weighted by atomic mass is 9.96. The van der Waals surface area contributed by atoms with Crippen molar-refractivity contribution < 1.29 is 28.7 Å². The van der Waals surface area contributed by atoms with E-state index in [0.29, 0.717) is 12.0 Å². The van der Waals surface area contributed by atoms with Gasteiger partial charge in [-0.1, -0.05) is 50.6 Å². The van der Waals surface area contributed by atoms with Gasteiger partial charge in [0.05, 0.1) is 19.1 Å². The number of benzene rings is 1. The zero-order valence-electron chi connectivity index (χ0n) is 22.0. The average molecular weight is 503 g/mol. The third kappa shape index (κ3) is 9.94. The first-order valence-electron chi connectivity index (χ1n) is 12.1. The van der Waals surface area contributed by atoms with Crippen LogP contribution in [0.15, 0.2) is 30.3 Å². The van der Waals surface area contributed by atoms with Crippen molar-refractivity contribution in [3.8, 4) is 6.07 Å². The molecule has 36 heavy (non-hydrogen) atoms. The van der Waals surface area contributed by atoms with Crippen molar-refractivity contribution in [1.82, 2.24) is 15.5 Å². The molecule has 198 valence electrons. The fourth-order valence-electron chi connectivity index (χ4n) is 3.39. The standard InChI is InChI=1S/C26H38N4O6/c1-7-18(3)21(29-25(34)36-26(4,5)6)24(33)30(17-15-27)22(19-12-10-9-11-13-19)23(32)28-16-14-20(31)35-8-2/h9-13,18,21-22H,7-8,14,16-17H2,1-6H3,(H,28,32)(H,29,34). The maximum absolute atomic E-state index is 13.8. The van der Waals surface area contributed by atoms with Crippen LogP contribution in [0, 0.1) is 17.2 Å². The molecule has 0 spiro atoms. The third-order valence-corrected chi connectivity index (χ3v) is 5.28. The summed E-state index contributed by atoms with van der Waals surface area (Å²) in [6, 6.07) is 8.31. The SMILES string of the molecule is CCOC(=O)CCNC(=O)C(c1ccccc1)N(CC#N)C(=O)C(NC(=O)OC(C)(C)C)C(C)CC. The van der Waals surface area contributed by atoms with Gasteiger partial charge in [0.15, 0.2) is 0 Å². The molecule has 0 bridgehead atoms. The van der Waals surface area contributed by atoms with Crippen molar-refractivity contribution in [1.29, 1.82) is 5.26 Å². The molecule has 10 nitrogen and oxygen atoms in total. The first kappa shape index (κ1) is 30.4. The van der Waals surface area contributed by atoms with Gasteiger partial charge < -0.3 is 25.0 Å². The van der Waals surface area contributed by atoms with Crippen LogP contribution in [0.25, 0.3) is 0 Å². The van der Waals surface area contributed by atoms with Crippen molar-refractivity contribution in [2.24, 2.45) is 5.92 Å². The smallest absolute Gasteiger partial charge is 0.408 e. The molecule has 1 aromatic carbocycles. The number of ether oxygens (including phenoxy) is 2. The van der Waals surface area contributed by atoms with Crippen molar-refractivity contribution >= 4 is 23.9 Å². The van der Waals surface area contributed by atoms with E-state index in [1.807, 2.05) is 13.0 Å². The molecule has 1 rings (SSSR count). The third-order valence-electron chi connectivity index (χ3n) is 5.28. The molecule has 2 N–H and O–H groups in total. The summed E-state index contributed by atoms with van der Waals surface area (Å²) in [6.45, 7) is 10.3. The zero-order valence-corrected chi connectivity index (χ0v) is 22.0. The summed E-state index contributed by atoms with van der Waals surface area (Å²) in [5.74, 6) is -1.92. The van der Waals surface area contributed by atoms with E-state index in [9.17, 15) is 24.4 Å². The largest absolute Gasteiger partial charge is 0.466 e. The molecule has 1 aromatic rings. The van der Waals surface area contributed by atoms with Crippen LogP contribution >= 0.6 is 0 Å². The second kappa shape index (κ2) is 14.7. The number of carbonyl (C=O) groups is 4. The topological polar surface area (TPSA) is 138 Å². The van der Waals surface area contributed by atoms with Crippen LogP contribution in [0.3, 0.4) is 0 Å². The summed E-state index contributed by atoms with van der Waals surface area (Å²) in [5.41, 5.74) is -0.292. The minimum Gasteiger partial charge on any atom is -0.466 e. The Hall–Kier alpha value is -3.61. The van der Waals surface area contributed by atoms with Crippen LogP contribution in [0.1, 0.15) is 66.0 Å². The van der Waals surface area contributed by atoms with Crippen molar-refractivity contribution in [2.75, 3.05) is 19.7 Å². The van der Waals surface area contributed by atoms with E-state index >= 15 is 0 Å². The maximum atomic E-state index is 13.8. The number of hydrogen-bond acceptors (Lipinski definition) is 7. The fourth-order valence-corrected chi connectivity index (χ4v) is 3.39. The highest BCUT2D eigenvalue weighted by Gasteiger charge is 2.38. The Bertz CT molecular complexity index is 923. The molecule has 3 unspecified atom stereocenters. The molecule has 0 heterocycles. The molecule has 0 saturated carbocycles. The van der Waals surface area contributed by atoms with Gasteiger partial charge in [-0.3, -0.25) is 14.4 Å². The lowest BCUT2D eigenvalue weighted by Gasteiger charge is -2.34. The molecular weight excluding hydrogens is 464 g/mol. The van der Waals surface area contributed by atoms with E-state index in [2.05, 4.69) is 10.6 Å². The Kier molecular flexibility index (Phi) is 12.4. The highest BCUT2D eigenvalue weighted by molar-refractivity contribution is 5.92. The zero-order chi connectivity index (χ0) is 27.3. The summed E-state index contributed by atoms with van der Waals surface area (Å²) in [6.07, 6.45) is -0.259. The van der Waals surface area contributed by atoms with Crippen LogP contribution < -0.4 is 10.6 Å². The van der Waals surface area contributed by atoms with Crippen LogP contribution in [0.5, 0.6) is 0 Å². The number of alkyl carbamates (subject to hydrolysis) is 1. The van der Waals surface area contributed by atoms with Crippen LogP contribution in [0.2, 0.25) is 0 Å². The molecule has 0 radical (unpaired) electrons. The molecule has 3 atom stereocenters. The quantitative estimate of drug-likeness (QED) is 0.331. The van der Waals surface area contributed by atoms with E-state index in [4.69, 9.17) is 9.47 Å². The predicted molar refractivity (Wildman–Crippen MR) is 133 cm³/mol. The van der Waals surface area contributed by atoms with Crippen molar-refractivity contribution in [3.63, 3.8) is 0 Å².